The molecular formula is C17H20N4O3S2. The molecule has 0 saturated carbocycles. The molecule has 9 heteroatoms. The Bertz CT molecular complexity index is 984. The molecule has 3 heterocycles. The highest BCUT2D eigenvalue weighted by Gasteiger charge is 2.27. The van der Waals surface area contributed by atoms with Crippen LogP contribution in [0.3, 0.4) is 0 Å². The predicted octanol–water partition coefficient (Wildman–Crippen LogP) is 1.71. The second-order valence-electron chi connectivity index (χ2n) is 6.76. The van der Waals surface area contributed by atoms with Crippen molar-refractivity contribution in [3.05, 3.63) is 39.9 Å². The lowest BCUT2D eigenvalue weighted by atomic mass is 10.1. The Hall–Kier alpha value is -1.97. The summed E-state index contributed by atoms with van der Waals surface area (Å²) in [5.41, 5.74) is 3.13. The molecule has 1 N–H and O–H groups in total. The molecule has 0 spiro atoms. The summed E-state index contributed by atoms with van der Waals surface area (Å²) in [5.74, 6) is -0.218. The lowest BCUT2D eigenvalue weighted by molar-refractivity contribution is 0.102. The van der Waals surface area contributed by atoms with Crippen LogP contribution in [0.4, 0.5) is 10.8 Å². The van der Waals surface area contributed by atoms with E-state index in [1.807, 2.05) is 0 Å². The van der Waals surface area contributed by atoms with Crippen molar-refractivity contribution in [3.8, 4) is 0 Å². The normalized spacial score (nSPS) is 17.1. The monoisotopic (exact) mass is 392 g/mol. The lowest BCUT2D eigenvalue weighted by Crippen LogP contribution is -2.27. The standard InChI is InChI=1S/C17H20N4O3S2/c1-20-7-6-13-15(10-20)25-17(18-13)19-16(22)12-3-4-14-11(9-12)5-8-21(14)26(2,23)24/h3-4,9H,5-8,10H2,1-2H3,(H,18,19,22). The predicted molar refractivity (Wildman–Crippen MR) is 102 cm³/mol. The van der Waals surface area contributed by atoms with Crippen LogP contribution in [0.5, 0.6) is 0 Å². The van der Waals surface area contributed by atoms with E-state index in [9.17, 15) is 13.2 Å². The number of likely N-dealkylation sites (N-methyl/N-ethyl adjacent to an activating group) is 1. The van der Waals surface area contributed by atoms with Gasteiger partial charge in [0.15, 0.2) is 5.13 Å². The van der Waals surface area contributed by atoms with E-state index in [-0.39, 0.29) is 5.91 Å². The average Bonchev–Trinajstić information content (AvgIpc) is 3.16. The van der Waals surface area contributed by atoms with Crippen LogP contribution >= 0.6 is 11.3 Å². The van der Waals surface area contributed by atoms with Gasteiger partial charge in [-0.2, -0.15) is 0 Å². The number of nitrogens with one attached hydrogen (secondary N) is 1. The highest BCUT2D eigenvalue weighted by Crippen LogP contribution is 2.32. The summed E-state index contributed by atoms with van der Waals surface area (Å²) in [7, 11) is -1.21. The highest BCUT2D eigenvalue weighted by molar-refractivity contribution is 7.92. The van der Waals surface area contributed by atoms with Crippen LogP contribution < -0.4 is 9.62 Å². The number of aromatic nitrogens is 1. The van der Waals surface area contributed by atoms with Gasteiger partial charge in [0.25, 0.3) is 5.91 Å². The Labute approximate surface area is 156 Å². The number of carbonyl (C=O) groups is 1. The Morgan fingerprint density at radius 3 is 2.85 bits per heavy atom. The first-order chi connectivity index (χ1) is 12.3. The first kappa shape index (κ1) is 17.4. The summed E-state index contributed by atoms with van der Waals surface area (Å²) in [6.07, 6.45) is 2.71. The van der Waals surface area contributed by atoms with E-state index in [0.29, 0.717) is 29.3 Å². The zero-order valence-corrected chi connectivity index (χ0v) is 16.3. The van der Waals surface area contributed by atoms with E-state index in [2.05, 4.69) is 22.2 Å². The van der Waals surface area contributed by atoms with Gasteiger partial charge in [0.1, 0.15) is 0 Å². The molecule has 2 aliphatic heterocycles. The molecule has 0 unspecified atom stereocenters. The van der Waals surface area contributed by atoms with Gasteiger partial charge in [0, 0.05) is 36.5 Å². The molecule has 138 valence electrons. The SMILES string of the molecule is CN1CCc2nc(NC(=O)c3ccc4c(c3)CCN4S(C)(=O)=O)sc2C1. The van der Waals surface area contributed by atoms with Crippen LogP contribution in [-0.4, -0.2) is 50.6 Å². The molecule has 0 aliphatic carbocycles. The molecule has 0 atom stereocenters. The number of hydrogen-bond donors (Lipinski definition) is 1. The molecule has 1 aromatic carbocycles. The van der Waals surface area contributed by atoms with E-state index >= 15 is 0 Å². The fraction of sp³-hybridized carbons (Fsp3) is 0.412. The fourth-order valence-electron chi connectivity index (χ4n) is 3.40. The van der Waals surface area contributed by atoms with Crippen LogP contribution in [0.15, 0.2) is 18.2 Å². The topological polar surface area (TPSA) is 82.6 Å². The van der Waals surface area contributed by atoms with Crippen molar-refractivity contribution in [1.29, 1.82) is 0 Å². The third-order valence-corrected chi connectivity index (χ3v) is 6.92. The molecule has 7 nitrogen and oxygen atoms in total. The van der Waals surface area contributed by atoms with Crippen molar-refractivity contribution >= 4 is 38.1 Å². The minimum Gasteiger partial charge on any atom is -0.301 e. The summed E-state index contributed by atoms with van der Waals surface area (Å²) < 4.78 is 25.0. The van der Waals surface area contributed by atoms with E-state index in [4.69, 9.17) is 0 Å². The van der Waals surface area contributed by atoms with Gasteiger partial charge < -0.3 is 4.90 Å². The molecule has 0 radical (unpaired) electrons. The number of fused-ring (bicyclic) bond motifs is 2. The van der Waals surface area contributed by atoms with Crippen molar-refractivity contribution in [2.45, 2.75) is 19.4 Å². The third kappa shape index (κ3) is 3.22. The number of nitrogens with zero attached hydrogens (tertiary/aromatic N) is 3. The maximum atomic E-state index is 12.6. The van der Waals surface area contributed by atoms with Crippen molar-refractivity contribution in [1.82, 2.24) is 9.88 Å². The number of rotatable bonds is 3. The zero-order valence-electron chi connectivity index (χ0n) is 14.7. The maximum Gasteiger partial charge on any atom is 0.257 e. The molecule has 0 fully saturated rings. The minimum absolute atomic E-state index is 0.218. The van der Waals surface area contributed by atoms with Crippen LogP contribution in [0.2, 0.25) is 0 Å². The summed E-state index contributed by atoms with van der Waals surface area (Å²) in [5, 5.41) is 3.50. The summed E-state index contributed by atoms with van der Waals surface area (Å²) in [4.78, 5) is 20.6. The number of hydrogen-bond acceptors (Lipinski definition) is 6. The van der Waals surface area contributed by atoms with Crippen molar-refractivity contribution < 1.29 is 13.2 Å². The largest absolute Gasteiger partial charge is 0.301 e. The van der Waals surface area contributed by atoms with Crippen molar-refractivity contribution in [2.75, 3.05) is 36.0 Å². The second-order valence-corrected chi connectivity index (χ2v) is 9.75. The highest BCUT2D eigenvalue weighted by atomic mass is 32.2. The molecule has 1 amide bonds. The summed E-state index contributed by atoms with van der Waals surface area (Å²) in [6.45, 7) is 2.26. The summed E-state index contributed by atoms with van der Waals surface area (Å²) in [6, 6.07) is 5.15. The van der Waals surface area contributed by atoms with Crippen LogP contribution in [-0.2, 0) is 29.4 Å². The molecular weight excluding hydrogens is 372 g/mol. The van der Waals surface area contributed by atoms with Crippen LogP contribution in [0.25, 0.3) is 0 Å². The third-order valence-electron chi connectivity index (χ3n) is 4.74. The van der Waals surface area contributed by atoms with E-state index < -0.39 is 10.0 Å². The fourth-order valence-corrected chi connectivity index (χ4v) is 5.44. The van der Waals surface area contributed by atoms with Crippen molar-refractivity contribution in [3.63, 3.8) is 0 Å². The maximum absolute atomic E-state index is 12.6. The molecule has 0 bridgehead atoms. The molecule has 2 aliphatic rings. The average molecular weight is 393 g/mol. The quantitative estimate of drug-likeness (QED) is 0.860. The molecule has 26 heavy (non-hydrogen) atoms. The van der Waals surface area contributed by atoms with Gasteiger partial charge in [-0.05, 0) is 37.2 Å². The molecule has 1 aromatic heterocycles. The van der Waals surface area contributed by atoms with Gasteiger partial charge >= 0.3 is 0 Å². The Kier molecular flexibility index (Phi) is 4.25. The molecule has 4 rings (SSSR count). The van der Waals surface area contributed by atoms with E-state index in [0.717, 1.165) is 30.8 Å². The number of thiazole rings is 1. The number of amides is 1. The second kappa shape index (κ2) is 6.33. The molecule has 0 saturated heterocycles. The summed E-state index contributed by atoms with van der Waals surface area (Å²) >= 11 is 1.52. The van der Waals surface area contributed by atoms with Gasteiger partial charge in [-0.3, -0.25) is 14.4 Å². The number of carbonyl (C=O) groups excluding carboxylic acids is 1. The lowest BCUT2D eigenvalue weighted by Gasteiger charge is -2.20. The first-order valence-corrected chi connectivity index (χ1v) is 11.1. The Morgan fingerprint density at radius 2 is 2.08 bits per heavy atom. The number of sulfonamides is 1. The van der Waals surface area contributed by atoms with Gasteiger partial charge in [0.05, 0.1) is 17.6 Å². The van der Waals surface area contributed by atoms with Gasteiger partial charge in [-0.25, -0.2) is 13.4 Å². The Balaban J connectivity index is 1.53. The van der Waals surface area contributed by atoms with Gasteiger partial charge in [-0.15, -0.1) is 11.3 Å². The van der Waals surface area contributed by atoms with Crippen molar-refractivity contribution in [2.24, 2.45) is 0 Å². The zero-order chi connectivity index (χ0) is 18.5. The molecule has 2 aromatic rings. The minimum atomic E-state index is -3.28. The number of benzene rings is 1. The van der Waals surface area contributed by atoms with E-state index in [1.54, 1.807) is 18.2 Å². The Morgan fingerprint density at radius 1 is 1.27 bits per heavy atom. The van der Waals surface area contributed by atoms with Crippen LogP contribution in [0.1, 0.15) is 26.5 Å². The number of anilines is 2. The van der Waals surface area contributed by atoms with E-state index in [1.165, 1.54) is 26.8 Å². The van der Waals surface area contributed by atoms with Gasteiger partial charge in [0.2, 0.25) is 10.0 Å². The smallest absolute Gasteiger partial charge is 0.257 e. The van der Waals surface area contributed by atoms with Crippen LogP contribution in [0, 0.1) is 0 Å². The van der Waals surface area contributed by atoms with Gasteiger partial charge in [-0.1, -0.05) is 0 Å². The first-order valence-electron chi connectivity index (χ1n) is 8.40.